The fourth-order valence-electron chi connectivity index (χ4n) is 3.68. The van der Waals surface area contributed by atoms with Crippen molar-refractivity contribution in [2.45, 2.75) is 38.9 Å². The first kappa shape index (κ1) is 14.5. The minimum atomic E-state index is 0.285. The number of H-pyrrole nitrogens is 1. The van der Waals surface area contributed by atoms with Crippen LogP contribution in [-0.4, -0.2) is 40.2 Å². The molecule has 1 aromatic carbocycles. The zero-order valence-electron chi connectivity index (χ0n) is 13.7. The second kappa shape index (κ2) is 5.85. The van der Waals surface area contributed by atoms with Gasteiger partial charge in [-0.05, 0) is 50.5 Å². The van der Waals surface area contributed by atoms with Crippen LogP contribution in [0.2, 0.25) is 0 Å². The monoisotopic (exact) mass is 309 g/mol. The molecule has 2 aromatic rings. The van der Waals surface area contributed by atoms with Gasteiger partial charge in [0.05, 0.1) is 23.2 Å². The predicted octanol–water partition coefficient (Wildman–Crippen LogP) is 3.73. The molecule has 1 fully saturated rings. The van der Waals surface area contributed by atoms with E-state index in [1.807, 2.05) is 18.2 Å². The molecule has 0 radical (unpaired) electrons. The number of hydrogen-bond acceptors (Lipinski definition) is 3. The molecule has 2 atom stereocenters. The quantitative estimate of drug-likeness (QED) is 0.919. The van der Waals surface area contributed by atoms with Crippen molar-refractivity contribution in [3.05, 3.63) is 47.4 Å². The van der Waals surface area contributed by atoms with E-state index >= 15 is 0 Å². The Morgan fingerprint density at radius 3 is 2.78 bits per heavy atom. The molecular weight excluding hydrogens is 286 g/mol. The van der Waals surface area contributed by atoms with Crippen LogP contribution in [0.3, 0.4) is 0 Å². The highest BCUT2D eigenvalue weighted by atomic mass is 16.5. The van der Waals surface area contributed by atoms with Crippen molar-refractivity contribution < 1.29 is 4.74 Å². The standard InChI is InChI=1S/C19H23N3O/c1-13-11-22(12-14(2)23-13)18-9-5-6-15(18)10-19-20-16-7-3-4-8-17(16)21-19/h3-4,7-10,13-14H,5-6,11-12H2,1-2H3,(H,20,21). The maximum Gasteiger partial charge on any atom is 0.131 e. The van der Waals surface area contributed by atoms with Gasteiger partial charge in [0.2, 0.25) is 0 Å². The maximum atomic E-state index is 5.86. The number of para-hydroxylation sites is 2. The normalized spacial score (nSPS) is 27.0. The highest BCUT2D eigenvalue weighted by molar-refractivity contribution is 5.77. The fourth-order valence-corrected chi connectivity index (χ4v) is 3.68. The topological polar surface area (TPSA) is 41.2 Å². The molecule has 1 aliphatic carbocycles. The second-order valence-corrected chi connectivity index (χ2v) is 6.60. The molecule has 1 saturated heterocycles. The molecule has 1 aliphatic heterocycles. The minimum Gasteiger partial charge on any atom is -0.372 e. The lowest BCUT2D eigenvalue weighted by Crippen LogP contribution is -2.44. The number of fused-ring (bicyclic) bond motifs is 1. The van der Waals surface area contributed by atoms with E-state index in [1.54, 1.807) is 0 Å². The van der Waals surface area contributed by atoms with E-state index in [2.05, 4.69) is 46.9 Å². The lowest BCUT2D eigenvalue weighted by atomic mass is 10.1. The van der Waals surface area contributed by atoms with Crippen molar-refractivity contribution in [1.82, 2.24) is 14.9 Å². The third-order valence-corrected chi connectivity index (χ3v) is 4.56. The summed E-state index contributed by atoms with van der Waals surface area (Å²) >= 11 is 0. The molecule has 4 heteroatoms. The largest absolute Gasteiger partial charge is 0.372 e. The summed E-state index contributed by atoms with van der Waals surface area (Å²) in [5, 5.41) is 0. The Kier molecular flexibility index (Phi) is 3.69. The van der Waals surface area contributed by atoms with E-state index in [9.17, 15) is 0 Å². The average molecular weight is 309 g/mol. The summed E-state index contributed by atoms with van der Waals surface area (Å²) in [7, 11) is 0. The number of nitrogens with one attached hydrogen (secondary N) is 1. The molecule has 1 N–H and O–H groups in total. The van der Waals surface area contributed by atoms with Gasteiger partial charge in [0, 0.05) is 18.8 Å². The summed E-state index contributed by atoms with van der Waals surface area (Å²) in [5.41, 5.74) is 4.87. The van der Waals surface area contributed by atoms with Crippen molar-refractivity contribution in [3.8, 4) is 0 Å². The number of nitrogens with zero attached hydrogens (tertiary/aromatic N) is 2. The van der Waals surface area contributed by atoms with Gasteiger partial charge in [0.15, 0.2) is 0 Å². The molecule has 1 aromatic heterocycles. The Hall–Kier alpha value is -2.07. The van der Waals surface area contributed by atoms with E-state index in [-0.39, 0.29) is 12.2 Å². The van der Waals surface area contributed by atoms with Crippen molar-refractivity contribution in [3.63, 3.8) is 0 Å². The van der Waals surface area contributed by atoms with E-state index in [1.165, 1.54) is 11.3 Å². The summed E-state index contributed by atoms with van der Waals surface area (Å²) in [4.78, 5) is 10.6. The van der Waals surface area contributed by atoms with Crippen molar-refractivity contribution in [2.24, 2.45) is 0 Å². The Balaban J connectivity index is 1.61. The van der Waals surface area contributed by atoms with Crippen molar-refractivity contribution >= 4 is 17.1 Å². The number of morpholine rings is 1. The molecule has 2 heterocycles. The number of hydrogen-bond donors (Lipinski definition) is 1. The summed E-state index contributed by atoms with van der Waals surface area (Å²) in [6, 6.07) is 8.18. The molecule has 0 amide bonds. The molecule has 2 unspecified atom stereocenters. The van der Waals surface area contributed by atoms with Gasteiger partial charge in [0.25, 0.3) is 0 Å². The number of aromatic nitrogens is 2. The Morgan fingerprint density at radius 2 is 2.00 bits per heavy atom. The zero-order chi connectivity index (χ0) is 15.8. The molecule has 4 rings (SSSR count). The lowest BCUT2D eigenvalue weighted by Gasteiger charge is -2.38. The number of allylic oxidation sites excluding steroid dienone is 2. The molecule has 4 nitrogen and oxygen atoms in total. The average Bonchev–Trinajstić information content (AvgIpc) is 3.12. The van der Waals surface area contributed by atoms with E-state index in [0.29, 0.717) is 0 Å². The van der Waals surface area contributed by atoms with Gasteiger partial charge in [-0.25, -0.2) is 4.98 Å². The van der Waals surface area contributed by atoms with Crippen LogP contribution in [0, 0.1) is 0 Å². The minimum absolute atomic E-state index is 0.285. The summed E-state index contributed by atoms with van der Waals surface area (Å²) < 4.78 is 5.86. The molecule has 120 valence electrons. The SMILES string of the molecule is CC1CN(C2=CCCC2=Cc2nc3ccccc3[nH]2)CC(C)O1. The Morgan fingerprint density at radius 1 is 1.22 bits per heavy atom. The Labute approximate surface area is 136 Å². The molecule has 2 aliphatic rings. The van der Waals surface area contributed by atoms with Crippen LogP contribution in [0.5, 0.6) is 0 Å². The smallest absolute Gasteiger partial charge is 0.131 e. The second-order valence-electron chi connectivity index (χ2n) is 6.60. The van der Waals surface area contributed by atoms with Crippen LogP contribution in [0.25, 0.3) is 17.1 Å². The predicted molar refractivity (Wildman–Crippen MR) is 93.0 cm³/mol. The fraction of sp³-hybridized carbons (Fsp3) is 0.421. The van der Waals surface area contributed by atoms with E-state index in [4.69, 9.17) is 4.74 Å². The van der Waals surface area contributed by atoms with Gasteiger partial charge in [-0.1, -0.05) is 18.2 Å². The number of imidazole rings is 1. The number of rotatable bonds is 2. The molecule has 0 saturated carbocycles. The first-order valence-corrected chi connectivity index (χ1v) is 8.45. The van der Waals surface area contributed by atoms with Crippen LogP contribution in [0.4, 0.5) is 0 Å². The van der Waals surface area contributed by atoms with Crippen LogP contribution in [-0.2, 0) is 4.74 Å². The number of ether oxygens (including phenoxy) is 1. The molecule has 0 spiro atoms. The van der Waals surface area contributed by atoms with Gasteiger partial charge < -0.3 is 14.6 Å². The highest BCUT2D eigenvalue weighted by Crippen LogP contribution is 2.31. The van der Waals surface area contributed by atoms with Crippen LogP contribution < -0.4 is 0 Å². The van der Waals surface area contributed by atoms with E-state index < -0.39 is 0 Å². The third kappa shape index (κ3) is 2.91. The van der Waals surface area contributed by atoms with Crippen LogP contribution in [0.1, 0.15) is 32.5 Å². The first-order chi connectivity index (χ1) is 11.2. The van der Waals surface area contributed by atoms with Gasteiger partial charge in [-0.2, -0.15) is 0 Å². The van der Waals surface area contributed by atoms with Crippen molar-refractivity contribution in [1.29, 1.82) is 0 Å². The number of benzene rings is 1. The summed E-state index contributed by atoms with van der Waals surface area (Å²) in [6.45, 7) is 6.24. The Bertz CT molecular complexity index is 731. The van der Waals surface area contributed by atoms with Crippen molar-refractivity contribution in [2.75, 3.05) is 13.1 Å². The highest BCUT2D eigenvalue weighted by Gasteiger charge is 2.26. The first-order valence-electron chi connectivity index (χ1n) is 8.45. The molecule has 23 heavy (non-hydrogen) atoms. The lowest BCUT2D eigenvalue weighted by molar-refractivity contribution is -0.0569. The zero-order valence-corrected chi connectivity index (χ0v) is 13.7. The maximum absolute atomic E-state index is 5.86. The van der Waals surface area contributed by atoms with Crippen LogP contribution in [0.15, 0.2) is 41.6 Å². The number of aromatic amines is 1. The summed E-state index contributed by atoms with van der Waals surface area (Å²) in [6.07, 6.45) is 7.34. The third-order valence-electron chi connectivity index (χ3n) is 4.56. The van der Waals surface area contributed by atoms with Gasteiger partial charge in [0.1, 0.15) is 5.82 Å². The van der Waals surface area contributed by atoms with Gasteiger partial charge >= 0.3 is 0 Å². The van der Waals surface area contributed by atoms with Crippen LogP contribution >= 0.6 is 0 Å². The molecule has 0 bridgehead atoms. The van der Waals surface area contributed by atoms with Gasteiger partial charge in [-0.15, -0.1) is 0 Å². The van der Waals surface area contributed by atoms with E-state index in [0.717, 1.165) is 42.8 Å². The van der Waals surface area contributed by atoms with Gasteiger partial charge in [-0.3, -0.25) is 0 Å². The molecular formula is C19H23N3O. The summed E-state index contributed by atoms with van der Waals surface area (Å²) in [5.74, 6) is 0.948.